The molecule has 4 heteroatoms. The maximum Gasteiger partial charge on any atom is 0.247 e. The zero-order valence-electron chi connectivity index (χ0n) is 9.49. The summed E-state index contributed by atoms with van der Waals surface area (Å²) >= 11 is 0. The third-order valence-corrected chi connectivity index (χ3v) is 2.40. The van der Waals surface area contributed by atoms with E-state index in [4.69, 9.17) is 4.42 Å². The van der Waals surface area contributed by atoms with E-state index in [0.717, 1.165) is 0 Å². The van der Waals surface area contributed by atoms with Crippen LogP contribution >= 0.6 is 0 Å². The van der Waals surface area contributed by atoms with Gasteiger partial charge in [0, 0.05) is 12.5 Å². The second-order valence-electron chi connectivity index (χ2n) is 4.02. The first kappa shape index (κ1) is 10.8. The molecule has 2 rings (SSSR count). The molecule has 84 valence electrons. The summed E-state index contributed by atoms with van der Waals surface area (Å²) < 4.78 is 18.9. The summed E-state index contributed by atoms with van der Waals surface area (Å²) in [7, 11) is 0. The molecule has 1 aromatic heterocycles. The van der Waals surface area contributed by atoms with Gasteiger partial charge in [0.2, 0.25) is 11.8 Å². The molecular formula is C12H13FN2O. The Kier molecular flexibility index (Phi) is 2.73. The lowest BCUT2D eigenvalue weighted by molar-refractivity contribution is 0.531. The molecule has 0 N–H and O–H groups in total. The normalized spacial score (nSPS) is 11.1. The molecule has 0 fully saturated rings. The first-order valence-electron chi connectivity index (χ1n) is 5.18. The van der Waals surface area contributed by atoms with E-state index in [0.29, 0.717) is 22.9 Å². The lowest BCUT2D eigenvalue weighted by Gasteiger charge is -2.07. The largest absolute Gasteiger partial charge is 0.421 e. The molecule has 0 bridgehead atoms. The standard InChI is InChI=1S/C12H13FN2O/c1-7(2)10-5-4-9(6-11(10)13)12-15-14-8(3)16-12/h4-7H,1-3H3. The first-order chi connectivity index (χ1) is 7.58. The van der Waals surface area contributed by atoms with Gasteiger partial charge in [-0.15, -0.1) is 10.2 Å². The fourth-order valence-electron chi connectivity index (χ4n) is 1.54. The van der Waals surface area contributed by atoms with Crippen LogP contribution in [0.4, 0.5) is 4.39 Å². The molecule has 0 atom stereocenters. The minimum Gasteiger partial charge on any atom is -0.421 e. The van der Waals surface area contributed by atoms with E-state index in [2.05, 4.69) is 10.2 Å². The molecule has 3 nitrogen and oxygen atoms in total. The molecule has 16 heavy (non-hydrogen) atoms. The van der Waals surface area contributed by atoms with Crippen LogP contribution in [0.1, 0.15) is 31.2 Å². The van der Waals surface area contributed by atoms with E-state index >= 15 is 0 Å². The summed E-state index contributed by atoms with van der Waals surface area (Å²) in [5.74, 6) is 0.761. The lowest BCUT2D eigenvalue weighted by atomic mass is 10.0. The number of rotatable bonds is 2. The number of aromatic nitrogens is 2. The maximum atomic E-state index is 13.7. The average molecular weight is 220 g/mol. The summed E-state index contributed by atoms with van der Waals surface area (Å²) in [6.07, 6.45) is 0. The minimum absolute atomic E-state index is 0.165. The van der Waals surface area contributed by atoms with Crippen LogP contribution in [0.25, 0.3) is 11.5 Å². The Hall–Kier alpha value is -1.71. The SMILES string of the molecule is Cc1nnc(-c2ccc(C(C)C)c(F)c2)o1. The van der Waals surface area contributed by atoms with E-state index in [1.54, 1.807) is 19.1 Å². The Bertz CT molecular complexity index is 505. The predicted octanol–water partition coefficient (Wildman–Crippen LogP) is 3.31. The van der Waals surface area contributed by atoms with Gasteiger partial charge < -0.3 is 4.42 Å². The van der Waals surface area contributed by atoms with Crippen molar-refractivity contribution in [2.75, 3.05) is 0 Å². The third kappa shape index (κ3) is 1.96. The zero-order chi connectivity index (χ0) is 11.7. The van der Waals surface area contributed by atoms with Gasteiger partial charge in [-0.05, 0) is 23.6 Å². The van der Waals surface area contributed by atoms with Gasteiger partial charge in [-0.3, -0.25) is 0 Å². The first-order valence-corrected chi connectivity index (χ1v) is 5.18. The van der Waals surface area contributed by atoms with E-state index in [1.807, 2.05) is 13.8 Å². The molecule has 0 amide bonds. The van der Waals surface area contributed by atoms with Gasteiger partial charge in [0.05, 0.1) is 0 Å². The van der Waals surface area contributed by atoms with Crippen molar-refractivity contribution in [3.05, 3.63) is 35.5 Å². The maximum absolute atomic E-state index is 13.7. The molecule has 0 radical (unpaired) electrons. The number of halogens is 1. The Morgan fingerprint density at radius 3 is 2.50 bits per heavy atom. The van der Waals surface area contributed by atoms with Crippen LogP contribution in [0.15, 0.2) is 22.6 Å². The molecule has 0 aliphatic heterocycles. The number of nitrogens with zero attached hydrogens (tertiary/aromatic N) is 2. The van der Waals surface area contributed by atoms with Crippen molar-refractivity contribution in [1.82, 2.24) is 10.2 Å². The van der Waals surface area contributed by atoms with Crippen molar-refractivity contribution in [3.8, 4) is 11.5 Å². The summed E-state index contributed by atoms with van der Waals surface area (Å²) in [6.45, 7) is 5.61. The van der Waals surface area contributed by atoms with Crippen LogP contribution in [0, 0.1) is 12.7 Å². The number of benzene rings is 1. The fourth-order valence-corrected chi connectivity index (χ4v) is 1.54. The number of aryl methyl sites for hydroxylation is 1. The Labute approximate surface area is 93.3 Å². The molecule has 1 aromatic carbocycles. The minimum atomic E-state index is -0.233. The van der Waals surface area contributed by atoms with Crippen LogP contribution in [-0.2, 0) is 0 Å². The molecule has 0 unspecified atom stereocenters. The van der Waals surface area contributed by atoms with E-state index in [-0.39, 0.29) is 11.7 Å². The van der Waals surface area contributed by atoms with Crippen molar-refractivity contribution in [2.24, 2.45) is 0 Å². The highest BCUT2D eigenvalue weighted by atomic mass is 19.1. The van der Waals surface area contributed by atoms with E-state index in [1.165, 1.54) is 6.07 Å². The number of hydrogen-bond donors (Lipinski definition) is 0. The van der Waals surface area contributed by atoms with Crippen molar-refractivity contribution < 1.29 is 8.81 Å². The fraction of sp³-hybridized carbons (Fsp3) is 0.333. The highest BCUT2D eigenvalue weighted by molar-refractivity contribution is 5.53. The lowest BCUT2D eigenvalue weighted by Crippen LogP contribution is -1.93. The van der Waals surface area contributed by atoms with Crippen molar-refractivity contribution in [3.63, 3.8) is 0 Å². The molecule has 1 heterocycles. The van der Waals surface area contributed by atoms with Crippen molar-refractivity contribution >= 4 is 0 Å². The molecule has 2 aromatic rings. The molecule has 0 aliphatic rings. The summed E-state index contributed by atoms with van der Waals surface area (Å²) in [5, 5.41) is 7.56. The Morgan fingerprint density at radius 1 is 1.25 bits per heavy atom. The summed E-state index contributed by atoms with van der Waals surface area (Å²) in [6, 6.07) is 4.99. The summed E-state index contributed by atoms with van der Waals surface area (Å²) in [5.41, 5.74) is 1.31. The van der Waals surface area contributed by atoms with Crippen LogP contribution < -0.4 is 0 Å². The monoisotopic (exact) mass is 220 g/mol. The molecule has 0 spiro atoms. The van der Waals surface area contributed by atoms with Gasteiger partial charge in [0.25, 0.3) is 0 Å². The van der Waals surface area contributed by atoms with Gasteiger partial charge in [0.1, 0.15) is 5.82 Å². The van der Waals surface area contributed by atoms with Gasteiger partial charge >= 0.3 is 0 Å². The molecule has 0 aliphatic carbocycles. The van der Waals surface area contributed by atoms with Crippen LogP contribution in [0.5, 0.6) is 0 Å². The molecular weight excluding hydrogens is 207 g/mol. The smallest absolute Gasteiger partial charge is 0.247 e. The quantitative estimate of drug-likeness (QED) is 0.779. The van der Waals surface area contributed by atoms with E-state index < -0.39 is 0 Å². The van der Waals surface area contributed by atoms with Crippen molar-refractivity contribution in [1.29, 1.82) is 0 Å². The second kappa shape index (κ2) is 4.04. The van der Waals surface area contributed by atoms with Gasteiger partial charge in [-0.1, -0.05) is 19.9 Å². The highest BCUT2D eigenvalue weighted by Gasteiger charge is 2.11. The third-order valence-electron chi connectivity index (χ3n) is 2.40. The Morgan fingerprint density at radius 2 is 2.00 bits per heavy atom. The highest BCUT2D eigenvalue weighted by Crippen LogP contribution is 2.24. The predicted molar refractivity (Wildman–Crippen MR) is 58.5 cm³/mol. The van der Waals surface area contributed by atoms with Gasteiger partial charge in [-0.2, -0.15) is 0 Å². The molecule has 0 saturated heterocycles. The van der Waals surface area contributed by atoms with Crippen LogP contribution in [0.2, 0.25) is 0 Å². The zero-order valence-corrected chi connectivity index (χ0v) is 9.49. The van der Waals surface area contributed by atoms with Gasteiger partial charge in [-0.25, -0.2) is 4.39 Å². The number of hydrogen-bond acceptors (Lipinski definition) is 3. The summed E-state index contributed by atoms with van der Waals surface area (Å²) in [4.78, 5) is 0. The van der Waals surface area contributed by atoms with Crippen molar-refractivity contribution in [2.45, 2.75) is 26.7 Å². The van der Waals surface area contributed by atoms with Crippen LogP contribution in [0.3, 0.4) is 0 Å². The molecule has 0 saturated carbocycles. The Balaban J connectivity index is 2.42. The van der Waals surface area contributed by atoms with Gasteiger partial charge in [0.15, 0.2) is 0 Å². The topological polar surface area (TPSA) is 38.9 Å². The average Bonchev–Trinajstić information content (AvgIpc) is 2.64. The van der Waals surface area contributed by atoms with E-state index in [9.17, 15) is 4.39 Å². The van der Waals surface area contributed by atoms with Crippen LogP contribution in [-0.4, -0.2) is 10.2 Å². The second-order valence-corrected chi connectivity index (χ2v) is 4.02.